The van der Waals surface area contributed by atoms with Crippen LogP contribution in [0.25, 0.3) is 11.0 Å². The Kier molecular flexibility index (Phi) is 2.40. The molecule has 1 aliphatic carbocycles. The summed E-state index contributed by atoms with van der Waals surface area (Å²) < 4.78 is 3.22. The Hall–Kier alpha value is -1.09. The van der Waals surface area contributed by atoms with E-state index in [4.69, 9.17) is 12.2 Å². The average molecular weight is 246 g/mol. The van der Waals surface area contributed by atoms with Crippen LogP contribution in [0.1, 0.15) is 38.2 Å². The van der Waals surface area contributed by atoms with E-state index >= 15 is 0 Å². The fraction of sp³-hybridized carbons (Fsp3) is 0.500. The molecule has 1 aliphatic rings. The molecule has 1 aromatic heterocycles. The molecule has 2 nitrogen and oxygen atoms in total. The van der Waals surface area contributed by atoms with Gasteiger partial charge in [-0.05, 0) is 56.6 Å². The summed E-state index contributed by atoms with van der Waals surface area (Å²) in [6.45, 7) is 4.47. The Morgan fingerprint density at radius 3 is 2.71 bits per heavy atom. The number of imidazole rings is 1. The molecule has 3 rings (SSSR count). The highest BCUT2D eigenvalue weighted by atomic mass is 32.1. The molecule has 0 saturated heterocycles. The van der Waals surface area contributed by atoms with Crippen LogP contribution in [0.15, 0.2) is 18.2 Å². The van der Waals surface area contributed by atoms with E-state index in [-0.39, 0.29) is 5.54 Å². The molecule has 0 amide bonds. The third kappa shape index (κ3) is 1.64. The van der Waals surface area contributed by atoms with Crippen molar-refractivity contribution in [3.8, 4) is 0 Å². The second-order valence-corrected chi connectivity index (χ2v) is 5.88. The zero-order valence-corrected chi connectivity index (χ0v) is 11.2. The van der Waals surface area contributed by atoms with Gasteiger partial charge in [0.2, 0.25) is 0 Å². The first kappa shape index (κ1) is 11.0. The van der Waals surface area contributed by atoms with Gasteiger partial charge in [0.15, 0.2) is 4.77 Å². The highest BCUT2D eigenvalue weighted by molar-refractivity contribution is 7.71. The van der Waals surface area contributed by atoms with E-state index < -0.39 is 0 Å². The average Bonchev–Trinajstić information content (AvgIpc) is 2.82. The second-order valence-electron chi connectivity index (χ2n) is 5.49. The lowest BCUT2D eigenvalue weighted by Crippen LogP contribution is -2.26. The number of benzene rings is 1. The molecule has 17 heavy (non-hydrogen) atoms. The number of aromatic amines is 1. The first-order valence-corrected chi connectivity index (χ1v) is 6.73. The van der Waals surface area contributed by atoms with E-state index in [2.05, 4.69) is 41.6 Å². The van der Waals surface area contributed by atoms with E-state index in [0.717, 1.165) is 10.3 Å². The molecule has 1 N–H and O–H groups in total. The molecule has 2 aromatic rings. The number of aryl methyl sites for hydroxylation is 1. The van der Waals surface area contributed by atoms with Gasteiger partial charge in [0.25, 0.3) is 0 Å². The molecule has 1 aromatic carbocycles. The summed E-state index contributed by atoms with van der Waals surface area (Å²) in [4.78, 5) is 3.33. The predicted molar refractivity (Wildman–Crippen MR) is 74.0 cm³/mol. The highest BCUT2D eigenvalue weighted by Crippen LogP contribution is 2.38. The normalized spacial score (nSPS) is 18.9. The van der Waals surface area contributed by atoms with Crippen molar-refractivity contribution in [2.45, 2.75) is 45.1 Å². The zero-order valence-electron chi connectivity index (χ0n) is 10.4. The van der Waals surface area contributed by atoms with Gasteiger partial charge in [-0.1, -0.05) is 18.9 Å². The fourth-order valence-electron chi connectivity index (χ4n) is 3.11. The first-order chi connectivity index (χ1) is 8.10. The maximum atomic E-state index is 5.51. The van der Waals surface area contributed by atoms with Crippen LogP contribution in [0.5, 0.6) is 0 Å². The van der Waals surface area contributed by atoms with Crippen LogP contribution in [0.3, 0.4) is 0 Å². The predicted octanol–water partition coefficient (Wildman–Crippen LogP) is 4.30. The van der Waals surface area contributed by atoms with Gasteiger partial charge in [-0.15, -0.1) is 0 Å². The zero-order chi connectivity index (χ0) is 12.0. The summed E-state index contributed by atoms with van der Waals surface area (Å²) >= 11 is 5.51. The molecule has 0 spiro atoms. The van der Waals surface area contributed by atoms with E-state index in [1.165, 1.54) is 36.8 Å². The summed E-state index contributed by atoms with van der Waals surface area (Å²) in [5, 5.41) is 0. The molecular weight excluding hydrogens is 228 g/mol. The fourth-order valence-corrected chi connectivity index (χ4v) is 3.54. The van der Waals surface area contributed by atoms with Crippen LogP contribution >= 0.6 is 12.2 Å². The lowest BCUT2D eigenvalue weighted by Gasteiger charge is -2.26. The maximum Gasteiger partial charge on any atom is 0.178 e. The molecule has 1 fully saturated rings. The van der Waals surface area contributed by atoms with Gasteiger partial charge in [0.1, 0.15) is 0 Å². The largest absolute Gasteiger partial charge is 0.331 e. The van der Waals surface area contributed by atoms with Crippen molar-refractivity contribution in [2.24, 2.45) is 0 Å². The standard InChI is InChI=1S/C14H18N2S/c1-10-5-6-11-12(9-10)16(13(17)15-11)14(2)7-3-4-8-14/h5-6,9H,3-4,7-8H2,1-2H3,(H,15,17). The monoisotopic (exact) mass is 246 g/mol. The number of nitrogens with zero attached hydrogens (tertiary/aromatic N) is 1. The van der Waals surface area contributed by atoms with Crippen molar-refractivity contribution in [3.05, 3.63) is 28.5 Å². The molecule has 0 bridgehead atoms. The smallest absolute Gasteiger partial charge is 0.178 e. The van der Waals surface area contributed by atoms with Gasteiger partial charge in [0, 0.05) is 5.54 Å². The van der Waals surface area contributed by atoms with E-state index in [1.54, 1.807) is 0 Å². The van der Waals surface area contributed by atoms with E-state index in [0.29, 0.717) is 0 Å². The third-order valence-corrected chi connectivity index (χ3v) is 4.34. The van der Waals surface area contributed by atoms with Crippen LogP contribution in [0.2, 0.25) is 0 Å². The first-order valence-electron chi connectivity index (χ1n) is 6.32. The van der Waals surface area contributed by atoms with Crippen LogP contribution < -0.4 is 0 Å². The number of rotatable bonds is 1. The summed E-state index contributed by atoms with van der Waals surface area (Å²) in [5.74, 6) is 0. The Labute approximate surface area is 107 Å². The third-order valence-electron chi connectivity index (χ3n) is 4.06. The van der Waals surface area contributed by atoms with Crippen molar-refractivity contribution in [3.63, 3.8) is 0 Å². The summed E-state index contributed by atoms with van der Waals surface area (Å²) in [6.07, 6.45) is 5.11. The summed E-state index contributed by atoms with van der Waals surface area (Å²) in [7, 11) is 0. The number of hydrogen-bond acceptors (Lipinski definition) is 1. The lowest BCUT2D eigenvalue weighted by atomic mass is 10.00. The van der Waals surface area contributed by atoms with Gasteiger partial charge in [-0.3, -0.25) is 0 Å². The summed E-state index contributed by atoms with van der Waals surface area (Å²) in [5.41, 5.74) is 3.93. The van der Waals surface area contributed by atoms with Crippen molar-refractivity contribution in [2.75, 3.05) is 0 Å². The van der Waals surface area contributed by atoms with Gasteiger partial charge in [0.05, 0.1) is 11.0 Å². The summed E-state index contributed by atoms with van der Waals surface area (Å²) in [6, 6.07) is 6.51. The second kappa shape index (κ2) is 3.70. The SMILES string of the molecule is Cc1ccc2[nH]c(=S)n(C3(C)CCCC3)c2c1. The molecule has 90 valence electrons. The number of hydrogen-bond donors (Lipinski definition) is 1. The minimum Gasteiger partial charge on any atom is -0.331 e. The van der Waals surface area contributed by atoms with Crippen molar-refractivity contribution >= 4 is 23.3 Å². The Morgan fingerprint density at radius 2 is 2.00 bits per heavy atom. The lowest BCUT2D eigenvalue weighted by molar-refractivity contribution is 0.335. The van der Waals surface area contributed by atoms with E-state index in [1.807, 2.05) is 0 Å². The van der Waals surface area contributed by atoms with Crippen LogP contribution in [-0.2, 0) is 5.54 Å². The maximum absolute atomic E-state index is 5.51. The molecule has 1 saturated carbocycles. The van der Waals surface area contributed by atoms with Crippen molar-refractivity contribution < 1.29 is 0 Å². The molecule has 3 heteroatoms. The number of fused-ring (bicyclic) bond motifs is 1. The van der Waals surface area contributed by atoms with Crippen LogP contribution in [0.4, 0.5) is 0 Å². The van der Waals surface area contributed by atoms with Crippen LogP contribution in [-0.4, -0.2) is 9.55 Å². The quantitative estimate of drug-likeness (QED) is 0.744. The minimum absolute atomic E-state index is 0.211. The van der Waals surface area contributed by atoms with E-state index in [9.17, 15) is 0 Å². The highest BCUT2D eigenvalue weighted by Gasteiger charge is 2.32. The number of nitrogens with one attached hydrogen (secondary N) is 1. The molecule has 0 atom stereocenters. The Bertz CT molecular complexity index is 615. The van der Waals surface area contributed by atoms with Crippen LogP contribution in [0, 0.1) is 11.7 Å². The molecule has 0 unspecified atom stereocenters. The van der Waals surface area contributed by atoms with Crippen molar-refractivity contribution in [1.82, 2.24) is 9.55 Å². The Morgan fingerprint density at radius 1 is 1.29 bits per heavy atom. The minimum atomic E-state index is 0.211. The molecule has 0 radical (unpaired) electrons. The van der Waals surface area contributed by atoms with Crippen molar-refractivity contribution in [1.29, 1.82) is 0 Å². The van der Waals surface area contributed by atoms with Gasteiger partial charge in [-0.2, -0.15) is 0 Å². The van der Waals surface area contributed by atoms with Gasteiger partial charge < -0.3 is 9.55 Å². The molecule has 0 aliphatic heterocycles. The van der Waals surface area contributed by atoms with Gasteiger partial charge in [-0.25, -0.2) is 0 Å². The Balaban J connectivity index is 2.31. The number of aromatic nitrogens is 2. The van der Waals surface area contributed by atoms with Gasteiger partial charge >= 0.3 is 0 Å². The number of H-pyrrole nitrogens is 1. The molecule has 1 heterocycles. The topological polar surface area (TPSA) is 20.7 Å². The molecular formula is C14H18N2S.